The zero-order valence-corrected chi connectivity index (χ0v) is 18.1. The number of nitrogens with one attached hydrogen (secondary N) is 2. The van der Waals surface area contributed by atoms with Crippen molar-refractivity contribution in [2.75, 3.05) is 31.2 Å². The van der Waals surface area contributed by atoms with Crippen molar-refractivity contribution in [3.8, 4) is 5.75 Å². The van der Waals surface area contributed by atoms with Gasteiger partial charge in [-0.25, -0.2) is 0 Å². The van der Waals surface area contributed by atoms with Crippen LogP contribution in [0, 0.1) is 0 Å². The minimum absolute atomic E-state index is 0.122. The van der Waals surface area contributed by atoms with Crippen molar-refractivity contribution in [3.05, 3.63) is 78.4 Å². The van der Waals surface area contributed by atoms with E-state index < -0.39 is 0 Å². The van der Waals surface area contributed by atoms with E-state index >= 15 is 0 Å². The summed E-state index contributed by atoms with van der Waals surface area (Å²) in [6.45, 7) is 0. The fraction of sp³-hybridized carbons (Fsp3) is 0.136. The zero-order chi connectivity index (χ0) is 20.6. The molecule has 0 aliphatic carbocycles. The number of ether oxygens (including phenoxy) is 1. The summed E-state index contributed by atoms with van der Waals surface area (Å²) in [5.74, 6) is 0.703. The van der Waals surface area contributed by atoms with Gasteiger partial charge in [0.05, 0.1) is 7.11 Å². The van der Waals surface area contributed by atoms with E-state index in [2.05, 4.69) is 10.0 Å². The van der Waals surface area contributed by atoms with Gasteiger partial charge >= 0.3 is 0 Å². The molecule has 0 fully saturated rings. The average molecular weight is 426 g/mol. The maximum atomic E-state index is 12.5. The molecule has 0 aliphatic heterocycles. The molecule has 0 spiro atoms. The first-order valence-electron chi connectivity index (χ1n) is 8.97. The van der Waals surface area contributed by atoms with E-state index in [9.17, 15) is 4.79 Å². The predicted octanol–water partition coefficient (Wildman–Crippen LogP) is 5.64. The first-order valence-corrected chi connectivity index (χ1v) is 10.6. The van der Waals surface area contributed by atoms with Gasteiger partial charge in [0.15, 0.2) is 0 Å². The van der Waals surface area contributed by atoms with Gasteiger partial charge in [-0.2, -0.15) is 0 Å². The molecule has 0 atom stereocenters. The smallest absolute Gasteiger partial charge is 0.255 e. The highest BCUT2D eigenvalue weighted by Gasteiger charge is 2.08. The molecule has 3 aromatic rings. The van der Waals surface area contributed by atoms with E-state index in [-0.39, 0.29) is 5.91 Å². The van der Waals surface area contributed by atoms with Crippen molar-refractivity contribution >= 4 is 41.2 Å². The molecule has 7 heteroatoms. The maximum Gasteiger partial charge on any atom is 0.255 e. The van der Waals surface area contributed by atoms with Crippen LogP contribution in [0.5, 0.6) is 5.75 Å². The summed E-state index contributed by atoms with van der Waals surface area (Å²) in [6.07, 6.45) is 0. The zero-order valence-electron chi connectivity index (χ0n) is 16.5. The topological polar surface area (TPSA) is 53.6 Å². The lowest BCUT2D eigenvalue weighted by atomic mass is 10.2. The molecule has 0 saturated carbocycles. The predicted molar refractivity (Wildman–Crippen MR) is 123 cm³/mol. The van der Waals surface area contributed by atoms with Gasteiger partial charge in [-0.05, 0) is 105 Å². The molecule has 0 radical (unpaired) electrons. The molecule has 150 valence electrons. The van der Waals surface area contributed by atoms with Crippen LogP contribution in [-0.4, -0.2) is 31.4 Å². The number of amides is 1. The highest BCUT2D eigenvalue weighted by molar-refractivity contribution is 8.00. The Labute approximate surface area is 180 Å². The monoisotopic (exact) mass is 425 g/mol. The minimum Gasteiger partial charge on any atom is -0.497 e. The molecule has 0 bridgehead atoms. The van der Waals surface area contributed by atoms with E-state index in [0.717, 1.165) is 26.9 Å². The summed E-state index contributed by atoms with van der Waals surface area (Å²) in [4.78, 5) is 14.6. The lowest BCUT2D eigenvalue weighted by Gasteiger charge is -2.10. The van der Waals surface area contributed by atoms with Crippen LogP contribution >= 0.6 is 23.9 Å². The Morgan fingerprint density at radius 3 is 2.24 bits per heavy atom. The van der Waals surface area contributed by atoms with Gasteiger partial charge in [0.25, 0.3) is 5.91 Å². The van der Waals surface area contributed by atoms with Gasteiger partial charge in [0, 0.05) is 26.7 Å². The Morgan fingerprint density at radius 1 is 0.897 bits per heavy atom. The highest BCUT2D eigenvalue weighted by Crippen LogP contribution is 2.25. The third-order valence-electron chi connectivity index (χ3n) is 3.87. The van der Waals surface area contributed by atoms with Crippen LogP contribution in [0.2, 0.25) is 0 Å². The number of anilines is 2. The van der Waals surface area contributed by atoms with E-state index in [1.54, 1.807) is 19.1 Å². The molecule has 0 aliphatic rings. The number of carbonyl (C=O) groups excluding carboxylic acids is 1. The normalized spacial score (nSPS) is 10.6. The Kier molecular flexibility index (Phi) is 7.46. The number of rotatable bonds is 8. The van der Waals surface area contributed by atoms with Gasteiger partial charge in [-0.3, -0.25) is 9.10 Å². The summed E-state index contributed by atoms with van der Waals surface area (Å²) in [5, 5.41) is 2.95. The summed E-state index contributed by atoms with van der Waals surface area (Å²) < 4.78 is 10.4. The molecule has 1 amide bonds. The van der Waals surface area contributed by atoms with Crippen LogP contribution in [-0.2, 0) is 0 Å². The molecule has 3 rings (SSSR count). The number of hydrogen-bond donors (Lipinski definition) is 2. The third-order valence-corrected chi connectivity index (χ3v) is 5.55. The second-order valence-corrected chi connectivity index (χ2v) is 8.61. The van der Waals surface area contributed by atoms with Crippen molar-refractivity contribution in [2.24, 2.45) is 0 Å². The van der Waals surface area contributed by atoms with Gasteiger partial charge in [-0.1, -0.05) is 6.07 Å². The fourth-order valence-electron chi connectivity index (χ4n) is 2.49. The van der Waals surface area contributed by atoms with Crippen LogP contribution in [0.15, 0.2) is 82.6 Å². The standard InChI is InChI=1S/C22H23N3O2S2/c1-25(2)29-21-6-4-5-16(15-21)22(26)23-17-9-13-20(14-10-17)28-24-18-7-11-19(27-3)12-8-18/h4-15,24H,1-3H3,(H,23,26). The molecule has 29 heavy (non-hydrogen) atoms. The number of benzene rings is 3. The van der Waals surface area contributed by atoms with E-state index in [1.165, 1.54) is 11.9 Å². The van der Waals surface area contributed by atoms with Crippen molar-refractivity contribution in [1.29, 1.82) is 0 Å². The summed E-state index contributed by atoms with van der Waals surface area (Å²) in [7, 11) is 5.60. The molecule has 3 aromatic carbocycles. The van der Waals surface area contributed by atoms with Crippen molar-refractivity contribution in [1.82, 2.24) is 4.31 Å². The number of carbonyl (C=O) groups is 1. The molecule has 0 saturated heterocycles. The highest BCUT2D eigenvalue weighted by atomic mass is 32.2. The first-order chi connectivity index (χ1) is 14.0. The summed E-state index contributed by atoms with van der Waals surface area (Å²) >= 11 is 3.09. The Bertz CT molecular complexity index is 945. The Balaban J connectivity index is 1.56. The second-order valence-electron chi connectivity index (χ2n) is 6.34. The van der Waals surface area contributed by atoms with Crippen LogP contribution in [0.4, 0.5) is 11.4 Å². The van der Waals surface area contributed by atoms with E-state index in [0.29, 0.717) is 5.56 Å². The summed E-state index contributed by atoms with van der Waals surface area (Å²) in [5.41, 5.74) is 2.38. The van der Waals surface area contributed by atoms with Crippen molar-refractivity contribution in [2.45, 2.75) is 9.79 Å². The molecular formula is C22H23N3O2S2. The van der Waals surface area contributed by atoms with E-state index in [4.69, 9.17) is 4.74 Å². The molecule has 5 nitrogen and oxygen atoms in total. The van der Waals surface area contributed by atoms with Crippen molar-refractivity contribution < 1.29 is 9.53 Å². The molecule has 0 heterocycles. The largest absolute Gasteiger partial charge is 0.497 e. The van der Waals surface area contributed by atoms with Gasteiger partial charge < -0.3 is 14.8 Å². The number of methoxy groups -OCH3 is 1. The first kappa shape index (κ1) is 21.1. The molecular weight excluding hydrogens is 402 g/mol. The molecule has 0 aromatic heterocycles. The van der Waals surface area contributed by atoms with Gasteiger partial charge in [0.2, 0.25) is 0 Å². The fourth-order valence-corrected chi connectivity index (χ4v) is 3.88. The molecule has 0 unspecified atom stereocenters. The Morgan fingerprint density at radius 2 is 1.59 bits per heavy atom. The van der Waals surface area contributed by atoms with E-state index in [1.807, 2.05) is 91.2 Å². The van der Waals surface area contributed by atoms with Gasteiger partial charge in [0.1, 0.15) is 5.75 Å². The Hall–Kier alpha value is -2.61. The van der Waals surface area contributed by atoms with Crippen LogP contribution in [0.3, 0.4) is 0 Å². The lowest BCUT2D eigenvalue weighted by molar-refractivity contribution is 0.102. The van der Waals surface area contributed by atoms with Crippen LogP contribution in [0.1, 0.15) is 10.4 Å². The quantitative estimate of drug-likeness (QED) is 0.456. The number of nitrogens with zero attached hydrogens (tertiary/aromatic N) is 1. The maximum absolute atomic E-state index is 12.5. The third kappa shape index (κ3) is 6.45. The summed E-state index contributed by atoms with van der Waals surface area (Å²) in [6, 6.07) is 23.1. The van der Waals surface area contributed by atoms with Crippen LogP contribution in [0.25, 0.3) is 0 Å². The van der Waals surface area contributed by atoms with Crippen LogP contribution < -0.4 is 14.8 Å². The minimum atomic E-state index is -0.122. The number of hydrogen-bond acceptors (Lipinski definition) is 6. The van der Waals surface area contributed by atoms with Gasteiger partial charge in [-0.15, -0.1) is 0 Å². The second kappa shape index (κ2) is 10.2. The lowest BCUT2D eigenvalue weighted by Crippen LogP contribution is -2.12. The average Bonchev–Trinajstić information content (AvgIpc) is 2.73. The molecule has 2 N–H and O–H groups in total. The van der Waals surface area contributed by atoms with Crippen molar-refractivity contribution in [3.63, 3.8) is 0 Å². The SMILES string of the molecule is COc1ccc(NSc2ccc(NC(=O)c3cccc(SN(C)C)c3)cc2)cc1.